The minimum Gasteiger partial charge on any atom is -0.481 e. The normalized spacial score (nSPS) is 20.8. The summed E-state index contributed by atoms with van der Waals surface area (Å²) in [4.78, 5) is 24.9. The molecular weight excluding hydrogens is 280 g/mol. The Morgan fingerprint density at radius 3 is 2.75 bits per heavy atom. The first-order chi connectivity index (χ1) is 9.45. The highest BCUT2D eigenvalue weighted by Crippen LogP contribution is 2.19. The SMILES string of the molecule is COCC(NC(=O)N1CCSCC1CC(=O)O)C(C)C. The number of thioether (sulfide) groups is 1. The fraction of sp³-hybridized carbons (Fsp3) is 0.846. The molecule has 0 bridgehead atoms. The molecule has 0 aromatic carbocycles. The van der Waals surface area contributed by atoms with E-state index in [2.05, 4.69) is 5.32 Å². The Hall–Kier alpha value is -0.950. The van der Waals surface area contributed by atoms with Gasteiger partial charge < -0.3 is 20.1 Å². The van der Waals surface area contributed by atoms with Crippen LogP contribution in [0.1, 0.15) is 20.3 Å². The molecule has 2 atom stereocenters. The fourth-order valence-corrected chi connectivity index (χ4v) is 3.18. The van der Waals surface area contributed by atoms with Gasteiger partial charge in [0.15, 0.2) is 0 Å². The number of hydrogen-bond acceptors (Lipinski definition) is 4. The van der Waals surface area contributed by atoms with E-state index in [9.17, 15) is 9.59 Å². The number of carbonyl (C=O) groups excluding carboxylic acids is 1. The predicted molar refractivity (Wildman–Crippen MR) is 79.1 cm³/mol. The lowest BCUT2D eigenvalue weighted by molar-refractivity contribution is -0.138. The summed E-state index contributed by atoms with van der Waals surface area (Å²) in [5, 5.41) is 11.9. The monoisotopic (exact) mass is 304 g/mol. The Balaban J connectivity index is 2.64. The summed E-state index contributed by atoms with van der Waals surface area (Å²) in [5.74, 6) is 0.917. The molecule has 7 heteroatoms. The van der Waals surface area contributed by atoms with Crippen LogP contribution in [0.5, 0.6) is 0 Å². The van der Waals surface area contributed by atoms with Gasteiger partial charge in [0.1, 0.15) is 0 Å². The largest absolute Gasteiger partial charge is 0.481 e. The Labute approximate surface area is 124 Å². The number of nitrogens with zero attached hydrogens (tertiary/aromatic N) is 1. The molecule has 2 amide bonds. The Kier molecular flexibility index (Phi) is 7.15. The van der Waals surface area contributed by atoms with Crippen molar-refractivity contribution in [2.24, 2.45) is 5.92 Å². The Bertz CT molecular complexity index is 338. The van der Waals surface area contributed by atoms with Gasteiger partial charge in [-0.25, -0.2) is 4.79 Å². The van der Waals surface area contributed by atoms with Gasteiger partial charge in [-0.1, -0.05) is 13.8 Å². The van der Waals surface area contributed by atoms with Crippen molar-refractivity contribution in [3.05, 3.63) is 0 Å². The van der Waals surface area contributed by atoms with Crippen LogP contribution in [0.4, 0.5) is 4.79 Å². The maximum atomic E-state index is 12.3. The van der Waals surface area contributed by atoms with E-state index in [1.807, 2.05) is 13.8 Å². The van der Waals surface area contributed by atoms with Crippen molar-refractivity contribution in [2.75, 3.05) is 31.8 Å². The first kappa shape index (κ1) is 17.1. The molecule has 6 nitrogen and oxygen atoms in total. The smallest absolute Gasteiger partial charge is 0.318 e. The van der Waals surface area contributed by atoms with Crippen LogP contribution in [0.3, 0.4) is 0 Å². The second kappa shape index (κ2) is 8.36. The highest BCUT2D eigenvalue weighted by Gasteiger charge is 2.30. The van der Waals surface area contributed by atoms with Crippen LogP contribution >= 0.6 is 11.8 Å². The molecular formula is C13H24N2O4S. The number of carboxylic acid groups (broad SMARTS) is 1. The van der Waals surface area contributed by atoms with E-state index in [-0.39, 0.29) is 30.5 Å². The number of urea groups is 1. The number of aliphatic carboxylic acids is 1. The Morgan fingerprint density at radius 2 is 2.20 bits per heavy atom. The standard InChI is InChI=1S/C13H24N2O4S/c1-9(2)11(7-19-3)14-13(18)15-4-5-20-8-10(15)6-12(16)17/h9-11H,4-8H2,1-3H3,(H,14,18)(H,16,17). The lowest BCUT2D eigenvalue weighted by Gasteiger charge is -2.36. The molecule has 2 N–H and O–H groups in total. The number of amides is 2. The van der Waals surface area contributed by atoms with E-state index >= 15 is 0 Å². The van der Waals surface area contributed by atoms with Crippen molar-refractivity contribution in [1.29, 1.82) is 0 Å². The predicted octanol–water partition coefficient (Wildman–Crippen LogP) is 1.26. The molecule has 0 saturated carbocycles. The number of carbonyl (C=O) groups is 2. The van der Waals surface area contributed by atoms with Crippen LogP contribution in [0.25, 0.3) is 0 Å². The summed E-state index contributed by atoms with van der Waals surface area (Å²) in [6.45, 7) is 5.08. The van der Waals surface area contributed by atoms with E-state index in [0.29, 0.717) is 18.9 Å². The van der Waals surface area contributed by atoms with Gasteiger partial charge in [-0.15, -0.1) is 0 Å². The second-order valence-corrected chi connectivity index (χ2v) is 6.43. The molecule has 20 heavy (non-hydrogen) atoms. The van der Waals surface area contributed by atoms with Crippen LogP contribution < -0.4 is 5.32 Å². The maximum Gasteiger partial charge on any atom is 0.318 e. The molecule has 1 fully saturated rings. The van der Waals surface area contributed by atoms with E-state index in [1.54, 1.807) is 23.8 Å². The first-order valence-corrected chi connectivity index (χ1v) is 7.96. The van der Waals surface area contributed by atoms with Crippen molar-refractivity contribution in [3.8, 4) is 0 Å². The molecule has 0 aromatic heterocycles. The molecule has 116 valence electrons. The minimum absolute atomic E-state index is 0.00293. The third-order valence-corrected chi connectivity index (χ3v) is 4.45. The van der Waals surface area contributed by atoms with Crippen molar-refractivity contribution >= 4 is 23.8 Å². The number of hydrogen-bond donors (Lipinski definition) is 2. The second-order valence-electron chi connectivity index (χ2n) is 5.28. The highest BCUT2D eigenvalue weighted by atomic mass is 32.2. The molecule has 1 heterocycles. The quantitative estimate of drug-likeness (QED) is 0.772. The van der Waals surface area contributed by atoms with Crippen molar-refractivity contribution in [2.45, 2.75) is 32.4 Å². The van der Waals surface area contributed by atoms with Crippen LogP contribution in [-0.2, 0) is 9.53 Å². The number of carboxylic acids is 1. The molecule has 2 unspecified atom stereocenters. The van der Waals surface area contributed by atoms with Crippen LogP contribution in [0.2, 0.25) is 0 Å². The maximum absolute atomic E-state index is 12.3. The summed E-state index contributed by atoms with van der Waals surface area (Å²) >= 11 is 1.69. The zero-order valence-corrected chi connectivity index (χ0v) is 13.1. The Morgan fingerprint density at radius 1 is 1.50 bits per heavy atom. The average Bonchev–Trinajstić information content (AvgIpc) is 2.37. The number of rotatable bonds is 6. The summed E-state index contributed by atoms with van der Waals surface area (Å²) in [7, 11) is 1.60. The minimum atomic E-state index is -0.868. The highest BCUT2D eigenvalue weighted by molar-refractivity contribution is 7.99. The van der Waals surface area contributed by atoms with Crippen molar-refractivity contribution in [1.82, 2.24) is 10.2 Å². The van der Waals surface area contributed by atoms with Gasteiger partial charge in [-0.05, 0) is 5.92 Å². The summed E-state index contributed by atoms with van der Waals surface area (Å²) < 4.78 is 5.11. The van der Waals surface area contributed by atoms with Crippen LogP contribution in [0, 0.1) is 5.92 Å². The van der Waals surface area contributed by atoms with Gasteiger partial charge in [0.25, 0.3) is 0 Å². The molecule has 1 rings (SSSR count). The molecule has 1 saturated heterocycles. The summed E-state index contributed by atoms with van der Waals surface area (Å²) in [6, 6.07) is -0.485. The van der Waals surface area contributed by atoms with Crippen molar-refractivity contribution < 1.29 is 19.4 Å². The molecule has 0 spiro atoms. The lowest BCUT2D eigenvalue weighted by Crippen LogP contribution is -2.55. The first-order valence-electron chi connectivity index (χ1n) is 6.81. The average molecular weight is 304 g/mol. The fourth-order valence-electron chi connectivity index (χ4n) is 2.11. The van der Waals surface area contributed by atoms with Crippen molar-refractivity contribution in [3.63, 3.8) is 0 Å². The number of ether oxygens (including phenoxy) is 1. The van der Waals surface area contributed by atoms with E-state index < -0.39 is 5.97 Å². The van der Waals surface area contributed by atoms with E-state index in [4.69, 9.17) is 9.84 Å². The van der Waals surface area contributed by atoms with Gasteiger partial charge in [-0.2, -0.15) is 11.8 Å². The third-order valence-electron chi connectivity index (χ3n) is 3.36. The lowest BCUT2D eigenvalue weighted by atomic mass is 10.1. The topological polar surface area (TPSA) is 78.9 Å². The van der Waals surface area contributed by atoms with Gasteiger partial charge in [-0.3, -0.25) is 4.79 Å². The zero-order chi connectivity index (χ0) is 15.1. The summed E-state index contributed by atoms with van der Waals surface area (Å²) in [6.07, 6.45) is -0.00293. The molecule has 1 aliphatic heterocycles. The van der Waals surface area contributed by atoms with Gasteiger partial charge in [0.05, 0.1) is 25.1 Å². The van der Waals surface area contributed by atoms with Gasteiger partial charge >= 0.3 is 12.0 Å². The van der Waals surface area contributed by atoms with Crippen LogP contribution in [-0.4, -0.2) is 65.9 Å². The van der Waals surface area contributed by atoms with Gasteiger partial charge in [0.2, 0.25) is 0 Å². The number of methoxy groups -OCH3 is 1. The molecule has 1 aliphatic rings. The molecule has 0 aliphatic carbocycles. The van der Waals surface area contributed by atoms with Gasteiger partial charge in [0, 0.05) is 25.2 Å². The third kappa shape index (κ3) is 5.20. The molecule has 0 radical (unpaired) electrons. The zero-order valence-electron chi connectivity index (χ0n) is 12.3. The molecule has 0 aromatic rings. The van der Waals surface area contributed by atoms with Crippen LogP contribution in [0.15, 0.2) is 0 Å². The number of nitrogens with one attached hydrogen (secondary N) is 1. The van der Waals surface area contributed by atoms with E-state index in [0.717, 1.165) is 5.75 Å². The summed E-state index contributed by atoms with van der Waals surface area (Å²) in [5.41, 5.74) is 0. The van der Waals surface area contributed by atoms with E-state index in [1.165, 1.54) is 0 Å².